The summed E-state index contributed by atoms with van der Waals surface area (Å²) < 4.78 is 25.0. The Bertz CT molecular complexity index is 677. The van der Waals surface area contributed by atoms with Crippen LogP contribution < -0.4 is 0 Å². The fourth-order valence-corrected chi connectivity index (χ4v) is 4.60. The average molecular weight is 337 g/mol. The lowest BCUT2D eigenvalue weighted by Gasteiger charge is -2.26. The SMILES string of the molecule is CS(=O)(=O)N1CCCC2(CCN(Cc3cccnc3)C2=O)CC1. The third kappa shape index (κ3) is 3.40. The van der Waals surface area contributed by atoms with Gasteiger partial charge in [-0.2, -0.15) is 0 Å². The Morgan fingerprint density at radius 2 is 2.00 bits per heavy atom. The maximum Gasteiger partial charge on any atom is 0.229 e. The van der Waals surface area contributed by atoms with Crippen LogP contribution in [0, 0.1) is 5.41 Å². The zero-order valence-electron chi connectivity index (χ0n) is 13.4. The summed E-state index contributed by atoms with van der Waals surface area (Å²) >= 11 is 0. The van der Waals surface area contributed by atoms with Crippen molar-refractivity contribution in [2.45, 2.75) is 32.2 Å². The standard InChI is InChI=1S/C16H23N3O3S/c1-23(21,22)19-9-3-5-16(7-11-19)6-10-18(15(16)20)13-14-4-2-8-17-12-14/h2,4,8,12H,3,5-7,9-11,13H2,1H3. The lowest BCUT2D eigenvalue weighted by molar-refractivity contribution is -0.137. The summed E-state index contributed by atoms with van der Waals surface area (Å²) in [5, 5.41) is 0. The van der Waals surface area contributed by atoms with Gasteiger partial charge in [-0.25, -0.2) is 12.7 Å². The van der Waals surface area contributed by atoms with Crippen molar-refractivity contribution in [3.63, 3.8) is 0 Å². The fraction of sp³-hybridized carbons (Fsp3) is 0.625. The van der Waals surface area contributed by atoms with Crippen molar-refractivity contribution in [1.29, 1.82) is 0 Å². The topological polar surface area (TPSA) is 70.6 Å². The van der Waals surface area contributed by atoms with Gasteiger partial charge >= 0.3 is 0 Å². The van der Waals surface area contributed by atoms with Crippen molar-refractivity contribution < 1.29 is 13.2 Å². The fourth-order valence-electron chi connectivity index (χ4n) is 3.72. The van der Waals surface area contributed by atoms with Crippen molar-refractivity contribution in [3.8, 4) is 0 Å². The minimum absolute atomic E-state index is 0.178. The highest BCUT2D eigenvalue weighted by molar-refractivity contribution is 7.88. The number of carbonyl (C=O) groups is 1. The number of sulfonamides is 1. The van der Waals surface area contributed by atoms with Gasteiger partial charge in [0, 0.05) is 38.6 Å². The first-order valence-electron chi connectivity index (χ1n) is 8.04. The van der Waals surface area contributed by atoms with E-state index in [1.165, 1.54) is 10.6 Å². The summed E-state index contributed by atoms with van der Waals surface area (Å²) in [4.78, 5) is 18.9. The van der Waals surface area contributed by atoms with E-state index >= 15 is 0 Å². The highest BCUT2D eigenvalue weighted by atomic mass is 32.2. The Morgan fingerprint density at radius 3 is 2.70 bits per heavy atom. The Balaban J connectivity index is 1.70. The number of nitrogens with zero attached hydrogens (tertiary/aromatic N) is 3. The van der Waals surface area contributed by atoms with E-state index in [1.54, 1.807) is 12.4 Å². The van der Waals surface area contributed by atoms with Gasteiger partial charge < -0.3 is 4.90 Å². The van der Waals surface area contributed by atoms with E-state index in [2.05, 4.69) is 4.98 Å². The molecule has 1 unspecified atom stereocenters. The number of carbonyl (C=O) groups excluding carboxylic acids is 1. The lowest BCUT2D eigenvalue weighted by atomic mass is 9.79. The third-order valence-electron chi connectivity index (χ3n) is 5.07. The first-order valence-corrected chi connectivity index (χ1v) is 9.89. The van der Waals surface area contributed by atoms with Gasteiger partial charge in [-0.05, 0) is 37.3 Å². The van der Waals surface area contributed by atoms with E-state index in [9.17, 15) is 13.2 Å². The largest absolute Gasteiger partial charge is 0.338 e. The molecule has 1 atom stereocenters. The molecule has 7 heteroatoms. The van der Waals surface area contributed by atoms with Crippen LogP contribution in [-0.2, 0) is 21.4 Å². The second-order valence-corrected chi connectivity index (χ2v) is 8.62. The zero-order valence-corrected chi connectivity index (χ0v) is 14.3. The molecular weight excluding hydrogens is 314 g/mol. The molecule has 2 aliphatic heterocycles. The minimum Gasteiger partial charge on any atom is -0.338 e. The molecule has 0 saturated carbocycles. The van der Waals surface area contributed by atoms with E-state index in [4.69, 9.17) is 0 Å². The molecule has 1 spiro atoms. The number of aromatic nitrogens is 1. The van der Waals surface area contributed by atoms with Gasteiger partial charge in [0.15, 0.2) is 0 Å². The summed E-state index contributed by atoms with van der Waals surface area (Å²) in [6, 6.07) is 3.85. The first-order chi connectivity index (χ1) is 10.9. The van der Waals surface area contributed by atoms with Gasteiger partial charge in [-0.1, -0.05) is 6.07 Å². The van der Waals surface area contributed by atoms with Gasteiger partial charge in [-0.15, -0.1) is 0 Å². The molecule has 3 heterocycles. The van der Waals surface area contributed by atoms with Gasteiger partial charge in [0.1, 0.15) is 0 Å². The number of likely N-dealkylation sites (tertiary alicyclic amines) is 1. The molecule has 0 radical (unpaired) electrons. The van der Waals surface area contributed by atoms with E-state index in [1.807, 2.05) is 17.0 Å². The number of amides is 1. The summed E-state index contributed by atoms with van der Waals surface area (Å²) in [5.74, 6) is 0.178. The number of hydrogen-bond donors (Lipinski definition) is 0. The maximum atomic E-state index is 12.9. The maximum absolute atomic E-state index is 12.9. The quantitative estimate of drug-likeness (QED) is 0.832. The smallest absolute Gasteiger partial charge is 0.229 e. The Labute approximate surface area is 137 Å². The van der Waals surface area contributed by atoms with Gasteiger partial charge in [0.25, 0.3) is 0 Å². The minimum atomic E-state index is -3.17. The molecule has 23 heavy (non-hydrogen) atoms. The summed E-state index contributed by atoms with van der Waals surface area (Å²) in [6.07, 6.45) is 7.74. The van der Waals surface area contributed by atoms with E-state index in [0.717, 1.165) is 31.4 Å². The average Bonchev–Trinajstić information content (AvgIpc) is 2.70. The normalized spacial score (nSPS) is 26.7. The highest BCUT2D eigenvalue weighted by Crippen LogP contribution is 2.42. The Morgan fingerprint density at radius 1 is 1.22 bits per heavy atom. The predicted molar refractivity (Wildman–Crippen MR) is 87.0 cm³/mol. The number of rotatable bonds is 3. The van der Waals surface area contributed by atoms with Gasteiger partial charge in [-0.3, -0.25) is 9.78 Å². The molecule has 0 aromatic carbocycles. The monoisotopic (exact) mass is 337 g/mol. The molecule has 0 N–H and O–H groups in total. The van der Waals surface area contributed by atoms with Crippen molar-refractivity contribution in [2.24, 2.45) is 5.41 Å². The molecule has 2 saturated heterocycles. The van der Waals surface area contributed by atoms with Crippen LogP contribution in [0.5, 0.6) is 0 Å². The van der Waals surface area contributed by atoms with Crippen LogP contribution in [-0.4, -0.2) is 54.4 Å². The van der Waals surface area contributed by atoms with Gasteiger partial charge in [0.2, 0.25) is 15.9 Å². The van der Waals surface area contributed by atoms with Crippen molar-refractivity contribution >= 4 is 15.9 Å². The number of hydrogen-bond acceptors (Lipinski definition) is 4. The first kappa shape index (κ1) is 16.4. The third-order valence-corrected chi connectivity index (χ3v) is 6.37. The van der Waals surface area contributed by atoms with Crippen molar-refractivity contribution in [2.75, 3.05) is 25.9 Å². The molecule has 2 fully saturated rings. The predicted octanol–water partition coefficient (Wildman–Crippen LogP) is 1.25. The second-order valence-electron chi connectivity index (χ2n) is 6.63. The highest BCUT2D eigenvalue weighted by Gasteiger charge is 2.47. The van der Waals surface area contributed by atoms with Crippen LogP contribution >= 0.6 is 0 Å². The van der Waals surface area contributed by atoms with E-state index in [-0.39, 0.29) is 11.3 Å². The van der Waals surface area contributed by atoms with Crippen LogP contribution in [0.25, 0.3) is 0 Å². The van der Waals surface area contributed by atoms with Crippen LogP contribution in [0.1, 0.15) is 31.2 Å². The van der Waals surface area contributed by atoms with Crippen molar-refractivity contribution in [3.05, 3.63) is 30.1 Å². The molecule has 1 amide bonds. The Hall–Kier alpha value is -1.47. The molecule has 3 rings (SSSR count). The Kier molecular flexibility index (Phi) is 4.42. The van der Waals surface area contributed by atoms with E-state index in [0.29, 0.717) is 26.1 Å². The van der Waals surface area contributed by atoms with Crippen molar-refractivity contribution in [1.82, 2.24) is 14.2 Å². The zero-order chi connectivity index (χ0) is 16.5. The molecule has 0 bridgehead atoms. The molecule has 2 aliphatic rings. The molecule has 0 aliphatic carbocycles. The summed E-state index contributed by atoms with van der Waals surface area (Å²) in [6.45, 7) is 2.30. The summed E-state index contributed by atoms with van der Waals surface area (Å²) in [7, 11) is -3.17. The molecule has 1 aromatic heterocycles. The second kappa shape index (κ2) is 6.20. The van der Waals surface area contributed by atoms with Crippen LogP contribution in [0.3, 0.4) is 0 Å². The summed E-state index contributed by atoms with van der Waals surface area (Å²) in [5.41, 5.74) is 0.658. The molecule has 126 valence electrons. The van der Waals surface area contributed by atoms with Crippen LogP contribution in [0.15, 0.2) is 24.5 Å². The van der Waals surface area contributed by atoms with E-state index < -0.39 is 10.0 Å². The van der Waals surface area contributed by atoms with Gasteiger partial charge in [0.05, 0.1) is 11.7 Å². The molecular formula is C16H23N3O3S. The lowest BCUT2D eigenvalue weighted by Crippen LogP contribution is -2.36. The van der Waals surface area contributed by atoms with Crippen LogP contribution in [0.4, 0.5) is 0 Å². The number of pyridine rings is 1. The molecule has 1 aromatic rings. The van der Waals surface area contributed by atoms with Crippen LogP contribution in [0.2, 0.25) is 0 Å². The molecule has 6 nitrogen and oxygen atoms in total.